The summed E-state index contributed by atoms with van der Waals surface area (Å²) in [7, 11) is -1.52. The van der Waals surface area contributed by atoms with E-state index in [1.165, 1.54) is 11.8 Å². The Balaban J connectivity index is 1.45. The van der Waals surface area contributed by atoms with Crippen molar-refractivity contribution in [3.8, 4) is 5.75 Å². The molecule has 2 aromatic rings. The van der Waals surface area contributed by atoms with Crippen LogP contribution in [0.5, 0.6) is 5.75 Å². The lowest BCUT2D eigenvalue weighted by Crippen LogP contribution is -2.38. The highest BCUT2D eigenvalue weighted by Gasteiger charge is 2.23. The second kappa shape index (κ2) is 10.1. The molecule has 0 aliphatic carbocycles. The minimum absolute atomic E-state index is 0.0863. The summed E-state index contributed by atoms with van der Waals surface area (Å²) in [6.07, 6.45) is 4.86. The predicted octanol–water partition coefficient (Wildman–Crippen LogP) is 2.88. The fourth-order valence-electron chi connectivity index (χ4n) is 3.81. The smallest absolute Gasteiger partial charge is 0.253 e. The van der Waals surface area contributed by atoms with E-state index in [1.54, 1.807) is 7.11 Å². The quantitative estimate of drug-likeness (QED) is 0.699. The van der Waals surface area contributed by atoms with E-state index in [9.17, 15) is 13.2 Å². The molecule has 6 nitrogen and oxygen atoms in total. The SMILES string of the molecule is COc1ccc(C(=O)N2CCC(Cc3ccc(CCNS(C)(=O)=O)cc3)CC2)cc1. The van der Waals surface area contributed by atoms with Crippen molar-refractivity contribution < 1.29 is 17.9 Å². The molecule has 1 fully saturated rings. The molecular weight excluding hydrogens is 400 g/mol. The van der Waals surface area contributed by atoms with Crippen LogP contribution in [0.4, 0.5) is 0 Å². The third-order valence-electron chi connectivity index (χ3n) is 5.56. The van der Waals surface area contributed by atoms with Crippen molar-refractivity contribution in [3.05, 3.63) is 65.2 Å². The standard InChI is InChI=1S/C23H30N2O4S/c1-29-22-9-7-21(8-10-22)23(26)25-15-12-20(13-16-25)17-19-5-3-18(4-6-19)11-14-24-30(2,27)28/h3-10,20,24H,11-17H2,1-2H3. The summed E-state index contributed by atoms with van der Waals surface area (Å²) in [6.45, 7) is 1.98. The first-order chi connectivity index (χ1) is 14.3. The number of nitrogens with one attached hydrogen (secondary N) is 1. The van der Waals surface area contributed by atoms with Crippen LogP contribution in [-0.2, 0) is 22.9 Å². The van der Waals surface area contributed by atoms with Crippen LogP contribution in [0.1, 0.15) is 34.3 Å². The number of methoxy groups -OCH3 is 1. The zero-order valence-electron chi connectivity index (χ0n) is 17.6. The average Bonchev–Trinajstić information content (AvgIpc) is 2.74. The van der Waals surface area contributed by atoms with Gasteiger partial charge in [0.25, 0.3) is 5.91 Å². The minimum atomic E-state index is -3.14. The number of sulfonamides is 1. The van der Waals surface area contributed by atoms with Crippen LogP contribution in [0.15, 0.2) is 48.5 Å². The van der Waals surface area contributed by atoms with Crippen LogP contribution in [0.25, 0.3) is 0 Å². The molecule has 0 atom stereocenters. The van der Waals surface area contributed by atoms with Crippen molar-refractivity contribution in [1.82, 2.24) is 9.62 Å². The first-order valence-corrected chi connectivity index (χ1v) is 12.2. The van der Waals surface area contributed by atoms with Gasteiger partial charge in [0.15, 0.2) is 0 Å². The van der Waals surface area contributed by atoms with E-state index in [-0.39, 0.29) is 5.91 Å². The van der Waals surface area contributed by atoms with Crippen molar-refractivity contribution in [3.63, 3.8) is 0 Å². The van der Waals surface area contributed by atoms with Crippen LogP contribution < -0.4 is 9.46 Å². The van der Waals surface area contributed by atoms with Gasteiger partial charge in [-0.25, -0.2) is 13.1 Å². The van der Waals surface area contributed by atoms with Crippen LogP contribution in [0, 0.1) is 5.92 Å². The Bertz CT molecular complexity index is 932. The van der Waals surface area contributed by atoms with Gasteiger partial charge in [0.1, 0.15) is 5.75 Å². The fraction of sp³-hybridized carbons (Fsp3) is 0.435. The van der Waals surface area contributed by atoms with E-state index in [0.717, 1.165) is 43.7 Å². The molecule has 7 heteroatoms. The van der Waals surface area contributed by atoms with Gasteiger partial charge in [-0.05, 0) is 67.0 Å². The first kappa shape index (κ1) is 22.3. The van der Waals surface area contributed by atoms with Gasteiger partial charge in [-0.3, -0.25) is 4.79 Å². The van der Waals surface area contributed by atoms with Crippen LogP contribution >= 0.6 is 0 Å². The highest BCUT2D eigenvalue weighted by Crippen LogP contribution is 2.23. The summed E-state index contributed by atoms with van der Waals surface area (Å²) in [5, 5.41) is 0. The highest BCUT2D eigenvalue weighted by atomic mass is 32.2. The molecule has 162 valence electrons. The third-order valence-corrected chi connectivity index (χ3v) is 6.29. The molecule has 0 saturated carbocycles. The number of hydrogen-bond acceptors (Lipinski definition) is 4. The molecule has 0 aromatic heterocycles. The lowest BCUT2D eigenvalue weighted by Gasteiger charge is -2.32. The van der Waals surface area contributed by atoms with Gasteiger partial charge in [-0.1, -0.05) is 24.3 Å². The van der Waals surface area contributed by atoms with E-state index in [1.807, 2.05) is 29.2 Å². The van der Waals surface area contributed by atoms with Crippen LogP contribution in [0.3, 0.4) is 0 Å². The molecule has 1 heterocycles. The summed E-state index contributed by atoms with van der Waals surface area (Å²) in [5.74, 6) is 1.41. The Morgan fingerprint density at radius 1 is 1.03 bits per heavy atom. The molecule has 1 saturated heterocycles. The van der Waals surface area contributed by atoms with Gasteiger partial charge >= 0.3 is 0 Å². The number of amides is 1. The Morgan fingerprint density at radius 3 is 2.20 bits per heavy atom. The summed E-state index contributed by atoms with van der Waals surface area (Å²) in [6, 6.07) is 15.7. The number of hydrogen-bond donors (Lipinski definition) is 1. The second-order valence-corrected chi connectivity index (χ2v) is 9.73. The summed E-state index contributed by atoms with van der Waals surface area (Å²) in [4.78, 5) is 14.6. The van der Waals surface area contributed by atoms with Gasteiger partial charge in [-0.15, -0.1) is 0 Å². The highest BCUT2D eigenvalue weighted by molar-refractivity contribution is 7.88. The topological polar surface area (TPSA) is 75.7 Å². The van der Waals surface area contributed by atoms with Gasteiger partial charge in [0, 0.05) is 25.2 Å². The molecule has 0 bridgehead atoms. The number of benzene rings is 2. The summed E-state index contributed by atoms with van der Waals surface area (Å²) >= 11 is 0. The normalized spacial score (nSPS) is 15.2. The molecule has 1 amide bonds. The van der Waals surface area contributed by atoms with Crippen molar-refractivity contribution in [2.75, 3.05) is 33.0 Å². The summed E-state index contributed by atoms with van der Waals surface area (Å²) < 4.78 is 29.9. The maximum absolute atomic E-state index is 12.7. The average molecular weight is 431 g/mol. The zero-order chi connectivity index (χ0) is 21.6. The number of nitrogens with zero attached hydrogens (tertiary/aromatic N) is 1. The van der Waals surface area contributed by atoms with Crippen LogP contribution in [0.2, 0.25) is 0 Å². The van der Waals surface area contributed by atoms with Crippen molar-refractivity contribution in [1.29, 1.82) is 0 Å². The van der Waals surface area contributed by atoms with E-state index < -0.39 is 10.0 Å². The minimum Gasteiger partial charge on any atom is -0.497 e. The van der Waals surface area contributed by atoms with Crippen molar-refractivity contribution in [2.24, 2.45) is 5.92 Å². The number of carbonyl (C=O) groups excluding carboxylic acids is 1. The number of carbonyl (C=O) groups is 1. The third kappa shape index (κ3) is 6.57. The number of piperidine rings is 1. The Morgan fingerprint density at radius 2 is 1.63 bits per heavy atom. The van der Waals surface area contributed by atoms with E-state index in [4.69, 9.17) is 4.74 Å². The monoisotopic (exact) mass is 430 g/mol. The van der Waals surface area contributed by atoms with E-state index >= 15 is 0 Å². The second-order valence-electron chi connectivity index (χ2n) is 7.90. The molecule has 1 aliphatic heterocycles. The fourth-order valence-corrected chi connectivity index (χ4v) is 4.29. The number of ether oxygens (including phenoxy) is 1. The molecule has 0 spiro atoms. The Labute approximate surface area is 179 Å². The van der Waals surface area contributed by atoms with Gasteiger partial charge in [0.05, 0.1) is 13.4 Å². The largest absolute Gasteiger partial charge is 0.497 e. The van der Waals surface area contributed by atoms with Gasteiger partial charge < -0.3 is 9.64 Å². The lowest BCUT2D eigenvalue weighted by atomic mass is 9.89. The zero-order valence-corrected chi connectivity index (χ0v) is 18.5. The molecule has 2 aromatic carbocycles. The summed E-state index contributed by atoms with van der Waals surface area (Å²) in [5.41, 5.74) is 3.11. The number of rotatable bonds is 8. The van der Waals surface area contributed by atoms with E-state index in [2.05, 4.69) is 29.0 Å². The van der Waals surface area contributed by atoms with Gasteiger partial charge in [0.2, 0.25) is 10.0 Å². The Kier molecular flexibility index (Phi) is 7.50. The molecule has 30 heavy (non-hydrogen) atoms. The maximum Gasteiger partial charge on any atom is 0.253 e. The molecule has 0 unspecified atom stereocenters. The van der Waals surface area contributed by atoms with Crippen LogP contribution in [-0.4, -0.2) is 52.2 Å². The Hall–Kier alpha value is -2.38. The van der Waals surface area contributed by atoms with E-state index in [0.29, 0.717) is 24.4 Å². The molecule has 0 radical (unpaired) electrons. The molecule has 1 aliphatic rings. The first-order valence-electron chi connectivity index (χ1n) is 10.3. The molecular formula is C23H30N2O4S. The lowest BCUT2D eigenvalue weighted by molar-refractivity contribution is 0.0690. The van der Waals surface area contributed by atoms with Crippen molar-refractivity contribution >= 4 is 15.9 Å². The predicted molar refractivity (Wildman–Crippen MR) is 118 cm³/mol. The number of likely N-dealkylation sites (tertiary alicyclic amines) is 1. The molecule has 3 rings (SSSR count). The van der Waals surface area contributed by atoms with Crippen molar-refractivity contribution in [2.45, 2.75) is 25.7 Å². The molecule has 1 N–H and O–H groups in total. The van der Waals surface area contributed by atoms with Gasteiger partial charge in [-0.2, -0.15) is 0 Å². The maximum atomic E-state index is 12.7.